The summed E-state index contributed by atoms with van der Waals surface area (Å²) in [4.78, 5) is 15.9. The number of carbonyl (C=O) groups is 1. The van der Waals surface area contributed by atoms with Gasteiger partial charge in [-0.15, -0.1) is 0 Å². The number of amides is 1. The fourth-order valence-corrected chi connectivity index (χ4v) is 1.94. The van der Waals surface area contributed by atoms with Gasteiger partial charge in [-0.3, -0.25) is 4.79 Å². The van der Waals surface area contributed by atoms with Crippen molar-refractivity contribution in [2.75, 3.05) is 13.2 Å². The van der Waals surface area contributed by atoms with Crippen molar-refractivity contribution in [3.63, 3.8) is 0 Å². The second kappa shape index (κ2) is 5.97. The number of aromatic nitrogens is 1. The van der Waals surface area contributed by atoms with E-state index < -0.39 is 11.9 Å². The van der Waals surface area contributed by atoms with E-state index in [0.29, 0.717) is 0 Å². The molecule has 1 aromatic heterocycles. The van der Waals surface area contributed by atoms with Gasteiger partial charge < -0.3 is 15.5 Å². The summed E-state index contributed by atoms with van der Waals surface area (Å²) >= 11 is 6.02. The largest absolute Gasteiger partial charge is 0.394 e. The van der Waals surface area contributed by atoms with Gasteiger partial charge in [-0.1, -0.05) is 35.9 Å². The maximum absolute atomic E-state index is 11.9. The molecule has 1 amide bonds. The monoisotopic (exact) mass is 280 g/mol. The Morgan fingerprint density at radius 2 is 2.00 bits per heavy atom. The Bertz CT molecular complexity index is 599. The predicted molar refractivity (Wildman–Crippen MR) is 72.2 cm³/mol. The van der Waals surface area contributed by atoms with E-state index in [2.05, 4.69) is 10.3 Å². The van der Waals surface area contributed by atoms with Crippen LogP contribution in [0.3, 0.4) is 0 Å². The van der Waals surface area contributed by atoms with Crippen molar-refractivity contribution in [1.29, 1.82) is 0 Å². The van der Waals surface area contributed by atoms with Crippen molar-refractivity contribution in [3.05, 3.63) is 41.2 Å². The standard InChI is InChI=1S/C13H13ClN2O3/c14-12-10-4-2-1-3-8(10)5-11(16-12)13(19)15-9(6-17)7-18/h1-5,9,17-18H,6-7H2,(H,15,19). The van der Waals surface area contributed by atoms with E-state index in [-0.39, 0.29) is 24.1 Å². The maximum atomic E-state index is 11.9. The van der Waals surface area contributed by atoms with Gasteiger partial charge in [0.05, 0.1) is 19.3 Å². The second-order valence-electron chi connectivity index (χ2n) is 4.05. The van der Waals surface area contributed by atoms with Crippen LogP contribution in [0.5, 0.6) is 0 Å². The SMILES string of the molecule is O=C(NC(CO)CO)c1cc2ccccc2c(Cl)n1. The van der Waals surface area contributed by atoms with Gasteiger partial charge in [-0.25, -0.2) is 4.98 Å². The molecule has 0 atom stereocenters. The summed E-state index contributed by atoms with van der Waals surface area (Å²) < 4.78 is 0. The Morgan fingerprint density at radius 1 is 1.32 bits per heavy atom. The van der Waals surface area contributed by atoms with E-state index in [9.17, 15) is 4.79 Å². The number of pyridine rings is 1. The number of nitrogens with zero attached hydrogens (tertiary/aromatic N) is 1. The first-order chi connectivity index (χ1) is 9.15. The molecule has 0 unspecified atom stereocenters. The molecule has 2 aromatic rings. The minimum Gasteiger partial charge on any atom is -0.394 e. The number of fused-ring (bicyclic) bond motifs is 1. The molecule has 0 bridgehead atoms. The Morgan fingerprint density at radius 3 is 2.68 bits per heavy atom. The van der Waals surface area contributed by atoms with Crippen LogP contribution in [0.1, 0.15) is 10.5 Å². The fourth-order valence-electron chi connectivity index (χ4n) is 1.68. The smallest absolute Gasteiger partial charge is 0.270 e. The number of benzene rings is 1. The summed E-state index contributed by atoms with van der Waals surface area (Å²) in [7, 11) is 0. The molecule has 0 radical (unpaired) electrons. The van der Waals surface area contributed by atoms with E-state index >= 15 is 0 Å². The summed E-state index contributed by atoms with van der Waals surface area (Å²) in [5.41, 5.74) is 0.149. The highest BCUT2D eigenvalue weighted by molar-refractivity contribution is 6.34. The Hall–Kier alpha value is -1.69. The van der Waals surface area contributed by atoms with Crippen LogP contribution < -0.4 is 5.32 Å². The lowest BCUT2D eigenvalue weighted by atomic mass is 10.1. The van der Waals surface area contributed by atoms with Gasteiger partial charge in [-0.2, -0.15) is 0 Å². The average Bonchev–Trinajstić information content (AvgIpc) is 2.44. The molecule has 5 nitrogen and oxygen atoms in total. The fraction of sp³-hybridized carbons (Fsp3) is 0.231. The van der Waals surface area contributed by atoms with Gasteiger partial charge in [0.1, 0.15) is 10.8 Å². The van der Waals surface area contributed by atoms with E-state index in [4.69, 9.17) is 21.8 Å². The van der Waals surface area contributed by atoms with Gasteiger partial charge in [0, 0.05) is 5.39 Å². The zero-order chi connectivity index (χ0) is 13.8. The third kappa shape index (κ3) is 3.01. The summed E-state index contributed by atoms with van der Waals surface area (Å²) in [5, 5.41) is 22.1. The Kier molecular flexibility index (Phi) is 4.31. The van der Waals surface area contributed by atoms with Gasteiger partial charge in [0.25, 0.3) is 5.91 Å². The van der Waals surface area contributed by atoms with Gasteiger partial charge >= 0.3 is 0 Å². The normalized spacial score (nSPS) is 10.9. The van der Waals surface area contributed by atoms with Crippen molar-refractivity contribution in [2.24, 2.45) is 0 Å². The molecule has 0 spiro atoms. The highest BCUT2D eigenvalue weighted by Gasteiger charge is 2.15. The first-order valence-electron chi connectivity index (χ1n) is 5.73. The van der Waals surface area contributed by atoms with Crippen LogP contribution in [-0.4, -0.2) is 40.4 Å². The lowest BCUT2D eigenvalue weighted by molar-refractivity contribution is 0.0874. The van der Waals surface area contributed by atoms with E-state index in [1.807, 2.05) is 24.3 Å². The summed E-state index contributed by atoms with van der Waals surface area (Å²) in [6.07, 6.45) is 0. The molecule has 3 N–H and O–H groups in total. The number of hydrogen-bond acceptors (Lipinski definition) is 4. The van der Waals surface area contributed by atoms with Gasteiger partial charge in [0.15, 0.2) is 0 Å². The molecule has 0 saturated heterocycles. The molecular weight excluding hydrogens is 268 g/mol. The zero-order valence-corrected chi connectivity index (χ0v) is 10.8. The van der Waals surface area contributed by atoms with Crippen LogP contribution >= 0.6 is 11.6 Å². The van der Waals surface area contributed by atoms with Crippen molar-refractivity contribution in [2.45, 2.75) is 6.04 Å². The Labute approximate surface area is 114 Å². The van der Waals surface area contributed by atoms with Crippen LogP contribution in [0.2, 0.25) is 5.15 Å². The number of halogens is 1. The molecule has 0 aliphatic carbocycles. The third-order valence-electron chi connectivity index (χ3n) is 2.70. The lowest BCUT2D eigenvalue weighted by Gasteiger charge is -2.13. The van der Waals surface area contributed by atoms with Crippen LogP contribution in [0.15, 0.2) is 30.3 Å². The zero-order valence-electron chi connectivity index (χ0n) is 10.0. The molecular formula is C13H13ClN2O3. The highest BCUT2D eigenvalue weighted by atomic mass is 35.5. The van der Waals surface area contributed by atoms with Gasteiger partial charge in [-0.05, 0) is 11.5 Å². The van der Waals surface area contributed by atoms with Crippen LogP contribution in [0.25, 0.3) is 10.8 Å². The summed E-state index contributed by atoms with van der Waals surface area (Å²) in [6.45, 7) is -0.687. The number of aliphatic hydroxyl groups is 2. The molecule has 0 fully saturated rings. The molecule has 1 heterocycles. The molecule has 0 aliphatic heterocycles. The molecule has 1 aromatic carbocycles. The predicted octanol–water partition coefficient (Wildman–Crippen LogP) is 0.971. The highest BCUT2D eigenvalue weighted by Crippen LogP contribution is 2.22. The molecule has 100 valence electrons. The van der Waals surface area contributed by atoms with Crippen molar-refractivity contribution in [1.82, 2.24) is 10.3 Å². The second-order valence-corrected chi connectivity index (χ2v) is 4.41. The van der Waals surface area contributed by atoms with E-state index in [0.717, 1.165) is 10.8 Å². The lowest BCUT2D eigenvalue weighted by Crippen LogP contribution is -2.40. The van der Waals surface area contributed by atoms with Crippen molar-refractivity contribution in [3.8, 4) is 0 Å². The maximum Gasteiger partial charge on any atom is 0.270 e. The van der Waals surface area contributed by atoms with Crippen LogP contribution in [0.4, 0.5) is 0 Å². The topological polar surface area (TPSA) is 82.5 Å². The molecule has 2 rings (SSSR count). The quantitative estimate of drug-likeness (QED) is 0.729. The van der Waals surface area contributed by atoms with E-state index in [1.54, 1.807) is 6.07 Å². The first-order valence-corrected chi connectivity index (χ1v) is 6.11. The number of nitrogens with one attached hydrogen (secondary N) is 1. The molecule has 6 heteroatoms. The molecule has 0 aliphatic rings. The Balaban J connectivity index is 2.32. The van der Waals surface area contributed by atoms with Crippen LogP contribution in [0, 0.1) is 0 Å². The summed E-state index contributed by atoms with van der Waals surface area (Å²) in [5.74, 6) is -0.485. The molecule has 0 saturated carbocycles. The number of rotatable bonds is 4. The number of hydrogen-bond donors (Lipinski definition) is 3. The number of aliphatic hydroxyl groups excluding tert-OH is 2. The van der Waals surface area contributed by atoms with Gasteiger partial charge in [0.2, 0.25) is 0 Å². The average molecular weight is 281 g/mol. The third-order valence-corrected chi connectivity index (χ3v) is 2.99. The minimum absolute atomic E-state index is 0.149. The van der Waals surface area contributed by atoms with E-state index in [1.165, 1.54) is 0 Å². The molecule has 19 heavy (non-hydrogen) atoms. The number of carbonyl (C=O) groups excluding carboxylic acids is 1. The van der Waals surface area contributed by atoms with Crippen molar-refractivity contribution < 1.29 is 15.0 Å². The van der Waals surface area contributed by atoms with Crippen molar-refractivity contribution >= 4 is 28.3 Å². The van der Waals surface area contributed by atoms with Crippen LogP contribution in [-0.2, 0) is 0 Å². The minimum atomic E-state index is -0.709. The first kappa shape index (κ1) is 13.7. The summed E-state index contributed by atoms with van der Waals surface area (Å²) in [6, 6.07) is 8.22.